The molecule has 23 heavy (non-hydrogen) atoms. The molecule has 3 aliphatic heterocycles. The maximum atomic E-state index is 4.57. The summed E-state index contributed by atoms with van der Waals surface area (Å²) in [6.07, 6.45) is 5.98. The molecule has 114 valence electrons. The molecule has 5 rings (SSSR count). The van der Waals surface area contributed by atoms with Gasteiger partial charge in [-0.25, -0.2) is 9.98 Å². The highest BCUT2D eigenvalue weighted by Gasteiger charge is 2.24. The topological polar surface area (TPSA) is 40.0 Å². The van der Waals surface area contributed by atoms with Crippen molar-refractivity contribution in [3.63, 3.8) is 0 Å². The van der Waals surface area contributed by atoms with Crippen LogP contribution in [0.1, 0.15) is 11.5 Å². The van der Waals surface area contributed by atoms with E-state index >= 15 is 0 Å². The highest BCUT2D eigenvalue weighted by Crippen LogP contribution is 2.41. The first-order valence-corrected chi connectivity index (χ1v) is 8.83. The van der Waals surface area contributed by atoms with E-state index in [1.54, 1.807) is 0 Å². The van der Waals surface area contributed by atoms with Gasteiger partial charge in [0.25, 0.3) is 0 Å². The van der Waals surface area contributed by atoms with Gasteiger partial charge in [0.05, 0.1) is 11.6 Å². The van der Waals surface area contributed by atoms with E-state index in [1.165, 1.54) is 26.9 Å². The van der Waals surface area contributed by atoms with Gasteiger partial charge in [-0.1, -0.05) is 24.3 Å². The van der Waals surface area contributed by atoms with Crippen LogP contribution in [0.15, 0.2) is 57.5 Å². The van der Waals surface area contributed by atoms with E-state index in [1.807, 2.05) is 18.0 Å². The quantitative estimate of drug-likeness (QED) is 0.871. The fourth-order valence-electron chi connectivity index (χ4n) is 3.52. The number of hydrogen-bond donors (Lipinski definition) is 1. The Morgan fingerprint density at radius 3 is 3.17 bits per heavy atom. The number of guanidine groups is 1. The van der Waals surface area contributed by atoms with Gasteiger partial charge in [-0.2, -0.15) is 0 Å². The van der Waals surface area contributed by atoms with E-state index in [9.17, 15) is 0 Å². The molecule has 5 heteroatoms. The summed E-state index contributed by atoms with van der Waals surface area (Å²) in [6, 6.07) is 11.1. The molecule has 0 bridgehead atoms. The summed E-state index contributed by atoms with van der Waals surface area (Å²) in [6.45, 7) is 1.83. The molecule has 0 fully saturated rings. The monoisotopic (exact) mass is 320 g/mol. The van der Waals surface area contributed by atoms with Crippen LogP contribution in [0, 0.1) is 0 Å². The Kier molecular flexibility index (Phi) is 2.94. The van der Waals surface area contributed by atoms with Crippen LogP contribution in [0.2, 0.25) is 0 Å². The highest BCUT2D eigenvalue weighted by molar-refractivity contribution is 7.99. The average Bonchev–Trinajstić information content (AvgIpc) is 3.10. The van der Waals surface area contributed by atoms with E-state index in [0.29, 0.717) is 5.92 Å². The summed E-state index contributed by atoms with van der Waals surface area (Å²) in [4.78, 5) is 12.5. The van der Waals surface area contributed by atoms with Gasteiger partial charge >= 0.3 is 0 Å². The van der Waals surface area contributed by atoms with Gasteiger partial charge in [0.2, 0.25) is 5.96 Å². The van der Waals surface area contributed by atoms with Crippen molar-refractivity contribution in [3.8, 4) is 0 Å². The van der Waals surface area contributed by atoms with Gasteiger partial charge < -0.3 is 10.2 Å². The van der Waals surface area contributed by atoms with Crippen LogP contribution in [0.3, 0.4) is 0 Å². The Labute approximate surface area is 139 Å². The van der Waals surface area contributed by atoms with E-state index in [2.05, 4.69) is 62.8 Å². The summed E-state index contributed by atoms with van der Waals surface area (Å²) in [5.74, 6) is 2.10. The Morgan fingerprint density at radius 2 is 2.17 bits per heavy atom. The van der Waals surface area contributed by atoms with Crippen LogP contribution in [0.25, 0.3) is 10.8 Å². The number of hydrogen-bond acceptors (Lipinski definition) is 5. The summed E-state index contributed by atoms with van der Waals surface area (Å²) in [5, 5.41) is 6.15. The SMILES string of the molecule is C1=CN=C2N=CC(c3cccc4c5c(ccc34)SCN5)CN2C1. The summed E-state index contributed by atoms with van der Waals surface area (Å²) >= 11 is 1.87. The predicted molar refractivity (Wildman–Crippen MR) is 97.7 cm³/mol. The van der Waals surface area contributed by atoms with Crippen LogP contribution >= 0.6 is 11.8 Å². The van der Waals surface area contributed by atoms with E-state index < -0.39 is 0 Å². The molecule has 0 saturated carbocycles. The van der Waals surface area contributed by atoms with Crippen LogP contribution in [-0.4, -0.2) is 36.0 Å². The fraction of sp³-hybridized carbons (Fsp3) is 0.222. The Hall–Kier alpha value is -2.27. The second-order valence-corrected chi connectivity index (χ2v) is 6.97. The van der Waals surface area contributed by atoms with Crippen molar-refractivity contribution in [2.45, 2.75) is 10.8 Å². The maximum absolute atomic E-state index is 4.57. The summed E-state index contributed by atoms with van der Waals surface area (Å²) in [7, 11) is 0. The molecule has 0 aliphatic carbocycles. The number of rotatable bonds is 1. The van der Waals surface area contributed by atoms with Crippen molar-refractivity contribution in [2.75, 3.05) is 24.3 Å². The van der Waals surface area contributed by atoms with Gasteiger partial charge in [0.1, 0.15) is 0 Å². The van der Waals surface area contributed by atoms with Crippen molar-refractivity contribution < 1.29 is 0 Å². The lowest BCUT2D eigenvalue weighted by Crippen LogP contribution is -2.39. The van der Waals surface area contributed by atoms with Crippen LogP contribution in [-0.2, 0) is 0 Å². The predicted octanol–water partition coefficient (Wildman–Crippen LogP) is 3.67. The minimum Gasteiger partial charge on any atom is -0.374 e. The molecule has 2 aromatic carbocycles. The molecule has 4 nitrogen and oxygen atoms in total. The molecule has 0 spiro atoms. The third kappa shape index (κ3) is 2.07. The molecular formula is C18H16N4S. The van der Waals surface area contributed by atoms with E-state index in [4.69, 9.17) is 0 Å². The van der Waals surface area contributed by atoms with Crippen LogP contribution in [0.5, 0.6) is 0 Å². The lowest BCUT2D eigenvalue weighted by atomic mass is 9.92. The number of fused-ring (bicyclic) bond motifs is 4. The zero-order chi connectivity index (χ0) is 15.2. The second kappa shape index (κ2) is 5.13. The second-order valence-electron chi connectivity index (χ2n) is 5.95. The largest absolute Gasteiger partial charge is 0.374 e. The molecule has 0 amide bonds. The fourth-order valence-corrected chi connectivity index (χ4v) is 4.38. The number of nitrogens with zero attached hydrogens (tertiary/aromatic N) is 3. The van der Waals surface area contributed by atoms with Crippen LogP contribution in [0.4, 0.5) is 5.69 Å². The first kappa shape index (κ1) is 13.2. The molecule has 0 radical (unpaired) electrons. The molecule has 3 heterocycles. The summed E-state index contributed by atoms with van der Waals surface area (Å²) in [5.41, 5.74) is 2.63. The molecule has 0 saturated heterocycles. The van der Waals surface area contributed by atoms with E-state index in [0.717, 1.165) is 24.9 Å². The maximum Gasteiger partial charge on any atom is 0.225 e. The Morgan fingerprint density at radius 1 is 1.17 bits per heavy atom. The number of thioether (sulfide) groups is 1. The molecule has 1 unspecified atom stereocenters. The molecular weight excluding hydrogens is 304 g/mol. The third-order valence-electron chi connectivity index (χ3n) is 4.62. The molecule has 1 N–H and O–H groups in total. The van der Waals surface area contributed by atoms with Crippen molar-refractivity contribution in [2.24, 2.45) is 9.98 Å². The minimum atomic E-state index is 0.302. The Bertz CT molecular complexity index is 884. The first-order chi connectivity index (χ1) is 11.4. The van der Waals surface area contributed by atoms with Gasteiger partial charge in [-0.15, -0.1) is 11.8 Å². The van der Waals surface area contributed by atoms with Gasteiger partial charge in [0.15, 0.2) is 0 Å². The van der Waals surface area contributed by atoms with Gasteiger partial charge in [0, 0.05) is 41.7 Å². The summed E-state index contributed by atoms with van der Waals surface area (Å²) < 4.78 is 0. The number of aliphatic imine (C=N–C) groups is 2. The molecule has 3 aliphatic rings. The van der Waals surface area contributed by atoms with E-state index in [-0.39, 0.29) is 0 Å². The molecule has 0 aromatic heterocycles. The first-order valence-electron chi connectivity index (χ1n) is 7.84. The van der Waals surface area contributed by atoms with Crippen molar-refractivity contribution in [1.82, 2.24) is 4.90 Å². The van der Waals surface area contributed by atoms with Crippen molar-refractivity contribution in [3.05, 3.63) is 48.2 Å². The lowest BCUT2D eigenvalue weighted by Gasteiger charge is -2.31. The molecule has 2 aromatic rings. The average molecular weight is 320 g/mol. The molecule has 1 atom stereocenters. The number of anilines is 1. The van der Waals surface area contributed by atoms with Crippen molar-refractivity contribution in [1.29, 1.82) is 0 Å². The highest BCUT2D eigenvalue weighted by atomic mass is 32.2. The third-order valence-corrected chi connectivity index (χ3v) is 5.56. The van der Waals surface area contributed by atoms with Crippen molar-refractivity contribution >= 4 is 40.4 Å². The van der Waals surface area contributed by atoms with Gasteiger partial charge in [-0.3, -0.25) is 0 Å². The minimum absolute atomic E-state index is 0.302. The number of nitrogens with one attached hydrogen (secondary N) is 1. The zero-order valence-electron chi connectivity index (χ0n) is 12.6. The van der Waals surface area contributed by atoms with Crippen LogP contribution < -0.4 is 5.32 Å². The normalized spacial score (nSPS) is 21.8. The van der Waals surface area contributed by atoms with Gasteiger partial charge in [-0.05, 0) is 23.1 Å². The lowest BCUT2D eigenvalue weighted by molar-refractivity contribution is 0.437. The Balaban J connectivity index is 1.61. The zero-order valence-corrected chi connectivity index (χ0v) is 13.4. The smallest absolute Gasteiger partial charge is 0.225 e. The standard InChI is InChI=1S/C18H16N4S/c1-3-13(12-9-20-18-19-7-2-8-22(18)10-12)14-5-6-16-17(15(14)4-1)21-11-23-16/h1-7,9,12,21H,8,10-11H2. The number of benzene rings is 2.